The van der Waals surface area contributed by atoms with Gasteiger partial charge in [-0.05, 0) is 19.4 Å². The van der Waals surface area contributed by atoms with Crippen LogP contribution in [-0.4, -0.2) is 35.0 Å². The van der Waals surface area contributed by atoms with Crippen molar-refractivity contribution in [3.63, 3.8) is 0 Å². The van der Waals surface area contributed by atoms with Gasteiger partial charge in [-0.3, -0.25) is 4.79 Å². The summed E-state index contributed by atoms with van der Waals surface area (Å²) in [5.74, 6) is -0.108. The van der Waals surface area contributed by atoms with Crippen LogP contribution in [0, 0.1) is 12.7 Å². The third-order valence-electron chi connectivity index (χ3n) is 4.04. The van der Waals surface area contributed by atoms with E-state index in [0.717, 1.165) is 12.1 Å². The Morgan fingerprint density at radius 1 is 1.43 bits per heavy atom. The van der Waals surface area contributed by atoms with Crippen LogP contribution in [0.25, 0.3) is 0 Å². The van der Waals surface area contributed by atoms with Crippen molar-refractivity contribution in [2.75, 3.05) is 13.1 Å². The molecule has 1 saturated heterocycles. The lowest BCUT2D eigenvalue weighted by Gasteiger charge is -2.39. The summed E-state index contributed by atoms with van der Waals surface area (Å²) in [6, 6.07) is 6.60. The number of thiazole rings is 1. The molecular weight excluding hydrogens is 315 g/mol. The molecule has 122 valence electrons. The maximum absolute atomic E-state index is 13.5. The number of halogens is 1. The second kappa shape index (κ2) is 7.19. The number of benzene rings is 1. The lowest BCUT2D eigenvalue weighted by atomic mass is 10.1. The maximum atomic E-state index is 13.5. The first-order chi connectivity index (χ1) is 11.1. The minimum absolute atomic E-state index is 0.00342. The Hall–Kier alpha value is -1.79. The van der Waals surface area contributed by atoms with Gasteiger partial charge in [0.1, 0.15) is 5.82 Å². The first-order valence-electron chi connectivity index (χ1n) is 7.65. The van der Waals surface area contributed by atoms with Gasteiger partial charge < -0.3 is 9.64 Å². The molecule has 3 rings (SSSR count). The molecular formula is C17H19FN2O2S. The molecule has 0 atom stereocenters. The lowest BCUT2D eigenvalue weighted by Crippen LogP contribution is -2.54. The molecule has 4 nitrogen and oxygen atoms in total. The molecule has 2 aromatic rings. The number of hydrogen-bond donors (Lipinski definition) is 0. The van der Waals surface area contributed by atoms with Crippen molar-refractivity contribution in [2.45, 2.75) is 32.5 Å². The van der Waals surface area contributed by atoms with E-state index in [1.54, 1.807) is 34.4 Å². The highest BCUT2D eigenvalue weighted by atomic mass is 32.1. The Morgan fingerprint density at radius 2 is 2.22 bits per heavy atom. The van der Waals surface area contributed by atoms with E-state index in [9.17, 15) is 9.18 Å². The number of hydrogen-bond acceptors (Lipinski definition) is 4. The van der Waals surface area contributed by atoms with Gasteiger partial charge in [0.25, 0.3) is 0 Å². The van der Waals surface area contributed by atoms with E-state index in [1.807, 2.05) is 12.4 Å². The first kappa shape index (κ1) is 16.1. The SMILES string of the molecule is Cc1ncsc1CCC(=O)N1CC(OCc2ccccc2F)C1. The van der Waals surface area contributed by atoms with Crippen LogP contribution in [0.5, 0.6) is 0 Å². The van der Waals surface area contributed by atoms with E-state index in [2.05, 4.69) is 4.98 Å². The van der Waals surface area contributed by atoms with Gasteiger partial charge in [-0.2, -0.15) is 0 Å². The van der Waals surface area contributed by atoms with E-state index in [4.69, 9.17) is 4.74 Å². The molecule has 1 aliphatic heterocycles. The van der Waals surface area contributed by atoms with Crippen molar-refractivity contribution < 1.29 is 13.9 Å². The minimum atomic E-state index is -0.250. The molecule has 2 heterocycles. The topological polar surface area (TPSA) is 42.4 Å². The molecule has 6 heteroatoms. The average molecular weight is 334 g/mol. The zero-order valence-corrected chi connectivity index (χ0v) is 13.8. The quantitative estimate of drug-likeness (QED) is 0.816. The summed E-state index contributed by atoms with van der Waals surface area (Å²) >= 11 is 1.59. The monoisotopic (exact) mass is 334 g/mol. The number of aryl methyl sites for hydroxylation is 2. The van der Waals surface area contributed by atoms with Crippen LogP contribution in [0.1, 0.15) is 22.6 Å². The van der Waals surface area contributed by atoms with Gasteiger partial charge in [-0.1, -0.05) is 18.2 Å². The van der Waals surface area contributed by atoms with Gasteiger partial charge in [0.05, 0.1) is 23.9 Å². The Kier molecular flexibility index (Phi) is 5.03. The van der Waals surface area contributed by atoms with Gasteiger partial charge in [-0.25, -0.2) is 9.37 Å². The van der Waals surface area contributed by atoms with Crippen molar-refractivity contribution in [3.8, 4) is 0 Å². The van der Waals surface area contributed by atoms with E-state index < -0.39 is 0 Å². The van der Waals surface area contributed by atoms with Crippen LogP contribution in [0.2, 0.25) is 0 Å². The van der Waals surface area contributed by atoms with Gasteiger partial charge >= 0.3 is 0 Å². The zero-order chi connectivity index (χ0) is 16.2. The van der Waals surface area contributed by atoms with Crippen LogP contribution in [0.15, 0.2) is 29.8 Å². The minimum Gasteiger partial charge on any atom is -0.370 e. The summed E-state index contributed by atoms with van der Waals surface area (Å²) in [5, 5.41) is 0. The Labute approximate surface area is 138 Å². The number of likely N-dealkylation sites (tertiary alicyclic amines) is 1. The van der Waals surface area contributed by atoms with Gasteiger partial charge in [0, 0.05) is 30.0 Å². The maximum Gasteiger partial charge on any atom is 0.223 e. The molecule has 1 amide bonds. The zero-order valence-electron chi connectivity index (χ0n) is 13.0. The number of rotatable bonds is 6. The van der Waals surface area contributed by atoms with Crippen LogP contribution in [0.4, 0.5) is 4.39 Å². The average Bonchev–Trinajstić information content (AvgIpc) is 2.90. The highest BCUT2D eigenvalue weighted by Crippen LogP contribution is 2.19. The molecule has 0 saturated carbocycles. The van der Waals surface area contributed by atoms with E-state index in [-0.39, 0.29) is 24.4 Å². The highest BCUT2D eigenvalue weighted by Gasteiger charge is 2.31. The Balaban J connectivity index is 1.38. The molecule has 1 aliphatic rings. The summed E-state index contributed by atoms with van der Waals surface area (Å²) in [7, 11) is 0. The van der Waals surface area contributed by atoms with E-state index in [0.29, 0.717) is 25.1 Å². The van der Waals surface area contributed by atoms with Crippen molar-refractivity contribution in [1.29, 1.82) is 0 Å². The molecule has 23 heavy (non-hydrogen) atoms. The molecule has 0 unspecified atom stereocenters. The van der Waals surface area contributed by atoms with Crippen LogP contribution in [0.3, 0.4) is 0 Å². The fraction of sp³-hybridized carbons (Fsp3) is 0.412. The van der Waals surface area contributed by atoms with Crippen LogP contribution < -0.4 is 0 Å². The number of carbonyl (C=O) groups is 1. The van der Waals surface area contributed by atoms with Crippen molar-refractivity contribution in [2.24, 2.45) is 0 Å². The third-order valence-corrected chi connectivity index (χ3v) is 5.04. The molecule has 1 fully saturated rings. The summed E-state index contributed by atoms with van der Waals surface area (Å²) < 4.78 is 19.1. The summed E-state index contributed by atoms with van der Waals surface area (Å²) in [6.07, 6.45) is 1.25. The third kappa shape index (κ3) is 3.95. The summed E-state index contributed by atoms with van der Waals surface area (Å²) in [6.45, 7) is 3.40. The normalized spacial score (nSPS) is 14.8. The fourth-order valence-corrected chi connectivity index (χ4v) is 3.30. The number of amides is 1. The van der Waals surface area contributed by atoms with Crippen molar-refractivity contribution in [3.05, 3.63) is 51.7 Å². The molecule has 0 radical (unpaired) electrons. The van der Waals surface area contributed by atoms with Gasteiger partial charge in [0.15, 0.2) is 0 Å². The molecule has 1 aromatic heterocycles. The van der Waals surface area contributed by atoms with Crippen molar-refractivity contribution >= 4 is 17.2 Å². The first-order valence-corrected chi connectivity index (χ1v) is 8.53. The predicted molar refractivity (Wildman–Crippen MR) is 86.7 cm³/mol. The van der Waals surface area contributed by atoms with Crippen LogP contribution in [-0.2, 0) is 22.6 Å². The largest absolute Gasteiger partial charge is 0.370 e. The Bertz CT molecular complexity index is 683. The molecule has 0 spiro atoms. The van der Waals surface area contributed by atoms with Crippen molar-refractivity contribution in [1.82, 2.24) is 9.88 Å². The second-order valence-electron chi connectivity index (χ2n) is 5.68. The number of aromatic nitrogens is 1. The standard InChI is InChI=1S/C17H19FN2O2S/c1-12-16(23-11-19-12)6-7-17(21)20-8-14(9-20)22-10-13-4-2-3-5-15(13)18/h2-5,11,14H,6-10H2,1H3. The number of nitrogens with zero attached hydrogens (tertiary/aromatic N) is 2. The molecule has 0 bridgehead atoms. The van der Waals surface area contributed by atoms with Gasteiger partial charge in [0.2, 0.25) is 5.91 Å². The Morgan fingerprint density at radius 3 is 2.91 bits per heavy atom. The second-order valence-corrected chi connectivity index (χ2v) is 6.62. The lowest BCUT2D eigenvalue weighted by molar-refractivity contribution is -0.145. The number of ether oxygens (including phenoxy) is 1. The predicted octanol–water partition coefficient (Wildman–Crippen LogP) is 2.95. The highest BCUT2D eigenvalue weighted by molar-refractivity contribution is 7.09. The number of carbonyl (C=O) groups excluding carboxylic acids is 1. The molecule has 0 aliphatic carbocycles. The molecule has 0 N–H and O–H groups in total. The van der Waals surface area contributed by atoms with E-state index in [1.165, 1.54) is 10.9 Å². The smallest absolute Gasteiger partial charge is 0.223 e. The van der Waals surface area contributed by atoms with Gasteiger partial charge in [-0.15, -0.1) is 11.3 Å². The fourth-order valence-electron chi connectivity index (χ4n) is 2.51. The molecule has 1 aromatic carbocycles. The summed E-state index contributed by atoms with van der Waals surface area (Å²) in [4.78, 5) is 19.3. The summed E-state index contributed by atoms with van der Waals surface area (Å²) in [5.41, 5.74) is 3.38. The van der Waals surface area contributed by atoms with Crippen LogP contribution >= 0.6 is 11.3 Å². The van der Waals surface area contributed by atoms with E-state index >= 15 is 0 Å².